The van der Waals surface area contributed by atoms with E-state index in [1.807, 2.05) is 31.2 Å². The molecule has 5 heteroatoms. The van der Waals surface area contributed by atoms with Crippen molar-refractivity contribution in [3.63, 3.8) is 0 Å². The number of hydrazone groups is 1. The van der Waals surface area contributed by atoms with E-state index in [1.165, 1.54) is 0 Å². The van der Waals surface area contributed by atoms with Crippen LogP contribution < -0.4 is 9.47 Å². The van der Waals surface area contributed by atoms with Crippen molar-refractivity contribution in [2.75, 3.05) is 7.11 Å². The third kappa shape index (κ3) is 3.11. The SMILES string of the molecule is COc1cccc2c1OC(CC(C)C)N1N=C(c3cc(C)ccc3O)CC21. The Balaban J connectivity index is 1.77. The first-order chi connectivity index (χ1) is 13.0. The number of aromatic hydroxyl groups is 1. The maximum absolute atomic E-state index is 10.4. The van der Waals surface area contributed by atoms with Crippen molar-refractivity contribution in [3.8, 4) is 17.2 Å². The van der Waals surface area contributed by atoms with Crippen LogP contribution in [0.5, 0.6) is 17.2 Å². The van der Waals surface area contributed by atoms with Crippen LogP contribution in [-0.4, -0.2) is 29.2 Å². The van der Waals surface area contributed by atoms with Crippen molar-refractivity contribution >= 4 is 5.71 Å². The van der Waals surface area contributed by atoms with Crippen LogP contribution in [-0.2, 0) is 0 Å². The number of phenols is 1. The molecule has 2 unspecified atom stereocenters. The summed E-state index contributed by atoms with van der Waals surface area (Å²) in [4.78, 5) is 0. The Morgan fingerprint density at radius 2 is 2.11 bits per heavy atom. The monoisotopic (exact) mass is 366 g/mol. The molecule has 2 aliphatic heterocycles. The van der Waals surface area contributed by atoms with Crippen molar-refractivity contribution < 1.29 is 14.6 Å². The molecule has 0 fully saturated rings. The molecule has 0 bridgehead atoms. The average Bonchev–Trinajstić information content (AvgIpc) is 3.08. The Kier molecular flexibility index (Phi) is 4.46. The van der Waals surface area contributed by atoms with E-state index in [0.717, 1.165) is 46.7 Å². The molecule has 0 amide bonds. The largest absolute Gasteiger partial charge is 0.507 e. The number of aryl methyl sites for hydroxylation is 1. The number of methoxy groups -OCH3 is 1. The van der Waals surface area contributed by atoms with E-state index in [-0.39, 0.29) is 18.0 Å². The topological polar surface area (TPSA) is 54.3 Å². The Hall–Kier alpha value is -2.69. The average molecular weight is 366 g/mol. The van der Waals surface area contributed by atoms with E-state index < -0.39 is 0 Å². The Morgan fingerprint density at radius 1 is 1.30 bits per heavy atom. The van der Waals surface area contributed by atoms with Gasteiger partial charge in [-0.15, -0.1) is 0 Å². The first kappa shape index (κ1) is 17.7. The summed E-state index contributed by atoms with van der Waals surface area (Å²) in [5.74, 6) is 2.31. The lowest BCUT2D eigenvalue weighted by Gasteiger charge is -2.39. The van der Waals surface area contributed by atoms with Crippen molar-refractivity contribution in [3.05, 3.63) is 53.1 Å². The highest BCUT2D eigenvalue weighted by atomic mass is 16.5. The number of fused-ring (bicyclic) bond motifs is 3. The summed E-state index contributed by atoms with van der Waals surface area (Å²) in [7, 11) is 1.67. The van der Waals surface area contributed by atoms with Gasteiger partial charge in [0, 0.05) is 24.0 Å². The fourth-order valence-electron chi connectivity index (χ4n) is 3.92. The standard InChI is InChI=1S/C22H26N2O3/c1-13(2)10-21-24-18(15-6-5-7-20(26-4)22(15)27-21)12-17(23-24)16-11-14(3)8-9-19(16)25/h5-9,11,13,18,21,25H,10,12H2,1-4H3. The van der Waals surface area contributed by atoms with Crippen LogP contribution >= 0.6 is 0 Å². The predicted molar refractivity (Wildman–Crippen MR) is 105 cm³/mol. The molecule has 0 spiro atoms. The van der Waals surface area contributed by atoms with Crippen LogP contribution in [0, 0.1) is 12.8 Å². The van der Waals surface area contributed by atoms with Crippen molar-refractivity contribution in [2.45, 2.75) is 45.9 Å². The minimum atomic E-state index is -0.150. The summed E-state index contributed by atoms with van der Waals surface area (Å²) in [5, 5.41) is 17.3. The first-order valence-corrected chi connectivity index (χ1v) is 9.47. The summed E-state index contributed by atoms with van der Waals surface area (Å²) in [5.41, 5.74) is 3.89. The van der Waals surface area contributed by atoms with Crippen molar-refractivity contribution in [1.29, 1.82) is 0 Å². The Morgan fingerprint density at radius 3 is 2.85 bits per heavy atom. The lowest BCUT2D eigenvalue weighted by atomic mass is 9.94. The molecule has 2 heterocycles. The van der Waals surface area contributed by atoms with Gasteiger partial charge < -0.3 is 14.6 Å². The second kappa shape index (κ2) is 6.80. The lowest BCUT2D eigenvalue weighted by Crippen LogP contribution is -2.41. The van der Waals surface area contributed by atoms with Gasteiger partial charge in [0.2, 0.25) is 0 Å². The molecule has 2 atom stereocenters. The summed E-state index contributed by atoms with van der Waals surface area (Å²) >= 11 is 0. The second-order valence-electron chi connectivity index (χ2n) is 7.75. The number of rotatable bonds is 4. The molecule has 2 aromatic carbocycles. The molecule has 0 radical (unpaired) electrons. The third-order valence-corrected chi connectivity index (χ3v) is 5.22. The Labute approximate surface area is 160 Å². The minimum absolute atomic E-state index is 0.0857. The zero-order valence-electron chi connectivity index (χ0n) is 16.3. The van der Waals surface area contributed by atoms with E-state index >= 15 is 0 Å². The molecule has 5 nitrogen and oxygen atoms in total. The Bertz CT molecular complexity index is 891. The van der Waals surface area contributed by atoms with Gasteiger partial charge in [-0.2, -0.15) is 5.10 Å². The van der Waals surface area contributed by atoms with Crippen LogP contribution in [0.2, 0.25) is 0 Å². The van der Waals surface area contributed by atoms with E-state index in [4.69, 9.17) is 14.6 Å². The van der Waals surface area contributed by atoms with Crippen LogP contribution in [0.1, 0.15) is 49.4 Å². The van der Waals surface area contributed by atoms with Gasteiger partial charge in [0.15, 0.2) is 17.7 Å². The molecule has 142 valence electrons. The quantitative estimate of drug-likeness (QED) is 0.857. The number of hydrogen-bond acceptors (Lipinski definition) is 5. The molecule has 27 heavy (non-hydrogen) atoms. The van der Waals surface area contributed by atoms with Gasteiger partial charge in [-0.25, -0.2) is 0 Å². The smallest absolute Gasteiger partial charge is 0.188 e. The highest BCUT2D eigenvalue weighted by Crippen LogP contribution is 2.48. The van der Waals surface area contributed by atoms with Gasteiger partial charge in [-0.3, -0.25) is 5.01 Å². The zero-order valence-corrected chi connectivity index (χ0v) is 16.3. The van der Waals surface area contributed by atoms with Gasteiger partial charge in [-0.05, 0) is 31.0 Å². The summed E-state index contributed by atoms with van der Waals surface area (Å²) in [6.07, 6.45) is 1.45. The molecule has 0 aliphatic carbocycles. The number of nitrogens with zero attached hydrogens (tertiary/aromatic N) is 2. The molecule has 0 aromatic heterocycles. The third-order valence-electron chi connectivity index (χ3n) is 5.22. The van der Waals surface area contributed by atoms with Gasteiger partial charge in [-0.1, -0.05) is 37.6 Å². The minimum Gasteiger partial charge on any atom is -0.507 e. The van der Waals surface area contributed by atoms with Gasteiger partial charge in [0.1, 0.15) is 5.75 Å². The maximum Gasteiger partial charge on any atom is 0.188 e. The highest BCUT2D eigenvalue weighted by Gasteiger charge is 2.41. The molecular formula is C22H26N2O3. The van der Waals surface area contributed by atoms with Gasteiger partial charge >= 0.3 is 0 Å². The van der Waals surface area contributed by atoms with Crippen LogP contribution in [0.15, 0.2) is 41.5 Å². The number of hydrogen-bond donors (Lipinski definition) is 1. The van der Waals surface area contributed by atoms with Gasteiger partial charge in [0.25, 0.3) is 0 Å². The van der Waals surface area contributed by atoms with Crippen molar-refractivity contribution in [2.24, 2.45) is 11.0 Å². The molecule has 4 rings (SSSR count). The van der Waals surface area contributed by atoms with Crippen molar-refractivity contribution in [1.82, 2.24) is 5.01 Å². The van der Waals surface area contributed by atoms with E-state index in [1.54, 1.807) is 13.2 Å². The lowest BCUT2D eigenvalue weighted by molar-refractivity contribution is -0.0308. The van der Waals surface area contributed by atoms with Crippen LogP contribution in [0.25, 0.3) is 0 Å². The summed E-state index contributed by atoms with van der Waals surface area (Å²) < 4.78 is 11.9. The van der Waals surface area contributed by atoms with Crippen LogP contribution in [0.4, 0.5) is 0 Å². The van der Waals surface area contributed by atoms with Crippen LogP contribution in [0.3, 0.4) is 0 Å². The normalized spacial score (nSPS) is 20.8. The number of phenolic OH excluding ortho intramolecular Hbond substituents is 1. The number of ether oxygens (including phenoxy) is 2. The fourth-order valence-corrected chi connectivity index (χ4v) is 3.92. The maximum atomic E-state index is 10.4. The molecule has 2 aliphatic rings. The molecule has 0 saturated carbocycles. The second-order valence-corrected chi connectivity index (χ2v) is 7.75. The van der Waals surface area contributed by atoms with E-state index in [0.29, 0.717) is 5.92 Å². The number of benzene rings is 2. The molecule has 0 saturated heterocycles. The molecular weight excluding hydrogens is 340 g/mol. The first-order valence-electron chi connectivity index (χ1n) is 9.47. The zero-order chi connectivity index (χ0) is 19.1. The fraction of sp³-hybridized carbons (Fsp3) is 0.409. The van der Waals surface area contributed by atoms with E-state index in [2.05, 4.69) is 24.9 Å². The number of para-hydroxylation sites is 1. The summed E-state index contributed by atoms with van der Waals surface area (Å²) in [6.45, 7) is 6.39. The van der Waals surface area contributed by atoms with Gasteiger partial charge in [0.05, 0.1) is 18.9 Å². The summed E-state index contributed by atoms with van der Waals surface area (Å²) in [6, 6.07) is 11.7. The molecule has 1 N–H and O–H groups in total. The highest BCUT2D eigenvalue weighted by molar-refractivity contribution is 6.04. The predicted octanol–water partition coefficient (Wildman–Crippen LogP) is 4.62. The van der Waals surface area contributed by atoms with E-state index in [9.17, 15) is 5.11 Å². The molecule has 2 aromatic rings.